The molecule has 38 heavy (non-hydrogen) atoms. The molecule has 4 heteroatoms. The van der Waals surface area contributed by atoms with Gasteiger partial charge in [-0.05, 0) is 97.9 Å². The quantitative estimate of drug-likeness (QED) is 0.250. The van der Waals surface area contributed by atoms with E-state index in [1.165, 1.54) is 17.2 Å². The molecule has 3 nitrogen and oxygen atoms in total. The van der Waals surface area contributed by atoms with Gasteiger partial charge in [0.25, 0.3) is 6.47 Å². The summed E-state index contributed by atoms with van der Waals surface area (Å²) in [5.74, 6) is 6.00. The molecule has 0 radical (unpaired) electrons. The fraction of sp³-hybridized carbons (Fsp3) is 0.382. The summed E-state index contributed by atoms with van der Waals surface area (Å²) < 4.78 is 19.3. The standard InChI is InChI=1S/C34H37FO3/c1-5-34(6-2,29-12-11-26(24(3)19-29)15-18-33(37)16-7-8-17-33)30-13-14-31(25(4)20-30)27-9-10-28(22-38-23-36)32(35)21-27/h9-14,19-21,23,37H,5-8,16-17,22H2,1-4H3. The molecule has 0 unspecified atom stereocenters. The number of halogens is 1. The van der Waals surface area contributed by atoms with Crippen molar-refractivity contribution in [2.75, 3.05) is 0 Å². The smallest absolute Gasteiger partial charge is 0.293 e. The lowest BCUT2D eigenvalue weighted by Gasteiger charge is -2.34. The summed E-state index contributed by atoms with van der Waals surface area (Å²) in [4.78, 5) is 10.5. The first kappa shape index (κ1) is 27.6. The highest BCUT2D eigenvalue weighted by atomic mass is 19.1. The zero-order valence-corrected chi connectivity index (χ0v) is 22.9. The normalized spacial score (nSPS) is 14.6. The largest absolute Gasteiger partial charge is 0.463 e. The van der Waals surface area contributed by atoms with Gasteiger partial charge in [-0.15, -0.1) is 0 Å². The number of aliphatic hydroxyl groups is 1. The molecule has 1 aliphatic carbocycles. The fourth-order valence-corrected chi connectivity index (χ4v) is 5.84. The summed E-state index contributed by atoms with van der Waals surface area (Å²) in [6.45, 7) is 8.85. The van der Waals surface area contributed by atoms with E-state index >= 15 is 0 Å². The minimum Gasteiger partial charge on any atom is -0.463 e. The third-order valence-corrected chi connectivity index (χ3v) is 8.30. The third kappa shape index (κ3) is 5.54. The van der Waals surface area contributed by atoms with Crippen LogP contribution in [0, 0.1) is 31.5 Å². The Hall–Kier alpha value is -3.42. The first-order valence-electron chi connectivity index (χ1n) is 13.6. The number of aryl methyl sites for hydroxylation is 2. The molecular weight excluding hydrogens is 475 g/mol. The van der Waals surface area contributed by atoms with Gasteiger partial charge >= 0.3 is 0 Å². The van der Waals surface area contributed by atoms with Gasteiger partial charge in [-0.3, -0.25) is 4.79 Å². The number of ether oxygens (including phenoxy) is 1. The number of carbonyl (C=O) groups excluding carboxylic acids is 1. The van der Waals surface area contributed by atoms with Gasteiger partial charge in [0.1, 0.15) is 18.0 Å². The van der Waals surface area contributed by atoms with Gasteiger partial charge in [-0.2, -0.15) is 0 Å². The van der Waals surface area contributed by atoms with Crippen LogP contribution in [0.1, 0.15) is 85.8 Å². The first-order chi connectivity index (χ1) is 18.2. The predicted molar refractivity (Wildman–Crippen MR) is 150 cm³/mol. The highest BCUT2D eigenvalue weighted by molar-refractivity contribution is 5.68. The predicted octanol–water partition coefficient (Wildman–Crippen LogP) is 7.55. The molecule has 4 rings (SSSR count). The maximum atomic E-state index is 14.6. The molecule has 3 aromatic carbocycles. The Morgan fingerprint density at radius 2 is 1.63 bits per heavy atom. The van der Waals surface area contributed by atoms with Gasteiger partial charge in [-0.1, -0.05) is 68.2 Å². The third-order valence-electron chi connectivity index (χ3n) is 8.30. The van der Waals surface area contributed by atoms with Crippen molar-refractivity contribution in [3.63, 3.8) is 0 Å². The second-order valence-electron chi connectivity index (χ2n) is 10.6. The molecule has 1 N–H and O–H groups in total. The highest BCUT2D eigenvalue weighted by Crippen LogP contribution is 2.41. The van der Waals surface area contributed by atoms with Crippen molar-refractivity contribution in [3.05, 3.63) is 93.8 Å². The number of hydrogen-bond donors (Lipinski definition) is 1. The Labute approximate surface area is 226 Å². The van der Waals surface area contributed by atoms with Crippen LogP contribution in [0.4, 0.5) is 4.39 Å². The van der Waals surface area contributed by atoms with Crippen LogP contribution in [0.15, 0.2) is 54.6 Å². The molecule has 0 atom stereocenters. The summed E-state index contributed by atoms with van der Waals surface area (Å²) in [5, 5.41) is 10.6. The van der Waals surface area contributed by atoms with Crippen LogP contribution in [0.2, 0.25) is 0 Å². The lowest BCUT2D eigenvalue weighted by Crippen LogP contribution is -2.26. The van der Waals surface area contributed by atoms with Gasteiger partial charge in [0.15, 0.2) is 0 Å². The maximum Gasteiger partial charge on any atom is 0.293 e. The van der Waals surface area contributed by atoms with Crippen LogP contribution >= 0.6 is 0 Å². The number of carbonyl (C=O) groups is 1. The van der Waals surface area contributed by atoms with Crippen molar-refractivity contribution in [2.24, 2.45) is 0 Å². The highest BCUT2D eigenvalue weighted by Gasteiger charge is 2.32. The molecule has 0 aromatic heterocycles. The van der Waals surface area contributed by atoms with Crippen LogP contribution in [-0.2, 0) is 21.6 Å². The molecule has 1 saturated carbocycles. The Morgan fingerprint density at radius 3 is 2.21 bits per heavy atom. The van der Waals surface area contributed by atoms with Crippen LogP contribution in [0.25, 0.3) is 11.1 Å². The van der Waals surface area contributed by atoms with E-state index in [2.05, 4.69) is 75.9 Å². The minimum absolute atomic E-state index is 0.0757. The van der Waals surface area contributed by atoms with Crippen molar-refractivity contribution >= 4 is 6.47 Å². The summed E-state index contributed by atoms with van der Waals surface area (Å²) in [5.41, 5.74) is 6.77. The lowest BCUT2D eigenvalue weighted by molar-refractivity contribution is -0.129. The van der Waals surface area contributed by atoms with Crippen LogP contribution < -0.4 is 0 Å². The second kappa shape index (κ2) is 11.5. The summed E-state index contributed by atoms with van der Waals surface area (Å²) >= 11 is 0. The molecule has 0 aliphatic heterocycles. The average Bonchev–Trinajstić information content (AvgIpc) is 3.35. The molecule has 0 amide bonds. The van der Waals surface area contributed by atoms with Crippen molar-refractivity contribution in [3.8, 4) is 23.0 Å². The molecule has 0 spiro atoms. The fourth-order valence-electron chi connectivity index (χ4n) is 5.84. The van der Waals surface area contributed by atoms with Gasteiger partial charge in [0, 0.05) is 16.5 Å². The SMILES string of the molecule is CCC(CC)(c1ccc(C#CC2(O)CCCC2)c(C)c1)c1ccc(-c2ccc(COC=O)c(F)c2)c(C)c1. The van der Waals surface area contributed by atoms with E-state index < -0.39 is 5.60 Å². The summed E-state index contributed by atoms with van der Waals surface area (Å²) in [6, 6.07) is 18.0. The molecular formula is C34H37FO3. The Morgan fingerprint density at radius 1 is 0.974 bits per heavy atom. The van der Waals surface area contributed by atoms with Gasteiger partial charge in [0.05, 0.1) is 0 Å². The molecule has 3 aromatic rings. The van der Waals surface area contributed by atoms with E-state index in [1.54, 1.807) is 6.07 Å². The number of hydrogen-bond acceptors (Lipinski definition) is 3. The van der Waals surface area contributed by atoms with Crippen molar-refractivity contribution in [1.29, 1.82) is 0 Å². The Kier molecular flexibility index (Phi) is 8.38. The van der Waals surface area contributed by atoms with E-state index in [1.807, 2.05) is 6.07 Å². The van der Waals surface area contributed by atoms with Crippen molar-refractivity contribution in [2.45, 2.75) is 83.8 Å². The van der Waals surface area contributed by atoms with E-state index in [-0.39, 0.29) is 17.8 Å². The zero-order valence-electron chi connectivity index (χ0n) is 22.9. The topological polar surface area (TPSA) is 46.5 Å². The monoisotopic (exact) mass is 512 g/mol. The molecule has 198 valence electrons. The van der Waals surface area contributed by atoms with Crippen molar-refractivity contribution < 1.29 is 19.0 Å². The Balaban J connectivity index is 1.66. The first-order valence-corrected chi connectivity index (χ1v) is 13.6. The molecule has 1 aliphatic rings. The van der Waals surface area contributed by atoms with E-state index in [4.69, 9.17) is 4.74 Å². The molecule has 0 heterocycles. The second-order valence-corrected chi connectivity index (χ2v) is 10.6. The lowest BCUT2D eigenvalue weighted by atomic mass is 9.69. The van der Waals surface area contributed by atoms with Crippen LogP contribution in [0.3, 0.4) is 0 Å². The summed E-state index contributed by atoms with van der Waals surface area (Å²) in [7, 11) is 0. The molecule has 1 fully saturated rings. The Bertz CT molecular complexity index is 1370. The van der Waals surface area contributed by atoms with Crippen LogP contribution in [-0.4, -0.2) is 17.2 Å². The molecule has 0 saturated heterocycles. The van der Waals surface area contributed by atoms with Gasteiger partial charge in [0.2, 0.25) is 0 Å². The zero-order chi connectivity index (χ0) is 27.3. The summed E-state index contributed by atoms with van der Waals surface area (Å²) in [6.07, 6.45) is 5.46. The van der Waals surface area contributed by atoms with E-state index in [9.17, 15) is 14.3 Å². The maximum absolute atomic E-state index is 14.6. The average molecular weight is 513 g/mol. The minimum atomic E-state index is -0.840. The number of benzene rings is 3. The number of rotatable bonds is 8. The van der Waals surface area contributed by atoms with Gasteiger partial charge in [-0.25, -0.2) is 4.39 Å². The van der Waals surface area contributed by atoms with E-state index in [0.29, 0.717) is 12.0 Å². The van der Waals surface area contributed by atoms with Crippen LogP contribution in [0.5, 0.6) is 0 Å². The van der Waals surface area contributed by atoms with Crippen molar-refractivity contribution in [1.82, 2.24) is 0 Å². The van der Waals surface area contributed by atoms with E-state index in [0.717, 1.165) is 66.3 Å². The molecule has 0 bridgehead atoms. The van der Waals surface area contributed by atoms with Gasteiger partial charge < -0.3 is 9.84 Å².